The van der Waals surface area contributed by atoms with Gasteiger partial charge in [0, 0.05) is 5.92 Å². The molecule has 0 aliphatic heterocycles. The van der Waals surface area contributed by atoms with Gasteiger partial charge >= 0.3 is 0 Å². The summed E-state index contributed by atoms with van der Waals surface area (Å²) in [7, 11) is 0. The third kappa shape index (κ3) is 5.30. The third-order valence-electron chi connectivity index (χ3n) is 8.57. The van der Waals surface area contributed by atoms with Crippen LogP contribution in [0.3, 0.4) is 0 Å². The van der Waals surface area contributed by atoms with Crippen molar-refractivity contribution >= 4 is 0 Å². The van der Waals surface area contributed by atoms with E-state index in [9.17, 15) is 0 Å². The number of hydrogen-bond acceptors (Lipinski definition) is 0. The largest absolute Gasteiger partial charge is 0.0728 e. The van der Waals surface area contributed by atoms with Crippen LogP contribution in [-0.4, -0.2) is 0 Å². The molecular formula is C27H45. The van der Waals surface area contributed by atoms with Crippen LogP contribution in [0.1, 0.15) is 105 Å². The van der Waals surface area contributed by atoms with E-state index in [2.05, 4.69) is 45.9 Å². The molecule has 0 amide bonds. The first-order chi connectivity index (χ1) is 13.1. The van der Waals surface area contributed by atoms with E-state index in [-0.39, 0.29) is 0 Å². The predicted octanol–water partition coefficient (Wildman–Crippen LogP) is 8.54. The number of fused-ring (bicyclic) bond motifs is 1. The molecule has 6 atom stereocenters. The van der Waals surface area contributed by atoms with Crippen LogP contribution in [0.25, 0.3) is 0 Å². The van der Waals surface area contributed by atoms with E-state index in [0.29, 0.717) is 0 Å². The van der Waals surface area contributed by atoms with Crippen molar-refractivity contribution < 1.29 is 0 Å². The molecule has 4 aliphatic rings. The second-order valence-electron chi connectivity index (χ2n) is 10.2. The molecule has 0 aromatic rings. The summed E-state index contributed by atoms with van der Waals surface area (Å²) in [5.41, 5.74) is 1.64. The second kappa shape index (κ2) is 10.3. The van der Waals surface area contributed by atoms with Crippen molar-refractivity contribution in [3.05, 3.63) is 29.7 Å². The maximum atomic E-state index is 2.43. The molecule has 0 saturated heterocycles. The molecule has 6 unspecified atom stereocenters. The molecule has 1 radical (unpaired) electrons. The van der Waals surface area contributed by atoms with E-state index in [1.807, 2.05) is 0 Å². The topological polar surface area (TPSA) is 0 Å². The summed E-state index contributed by atoms with van der Waals surface area (Å²) < 4.78 is 0. The fourth-order valence-corrected chi connectivity index (χ4v) is 6.38. The Morgan fingerprint density at radius 3 is 2.26 bits per heavy atom. The van der Waals surface area contributed by atoms with E-state index >= 15 is 0 Å². The Hall–Kier alpha value is -0.520. The highest BCUT2D eigenvalue weighted by Crippen LogP contribution is 2.48. The molecule has 3 fully saturated rings. The highest BCUT2D eigenvalue weighted by Gasteiger charge is 2.36. The summed E-state index contributed by atoms with van der Waals surface area (Å²) in [6, 6.07) is 0. The first-order valence-corrected chi connectivity index (χ1v) is 12.4. The zero-order valence-electron chi connectivity index (χ0n) is 18.7. The Bertz CT molecular complexity index is 498. The van der Waals surface area contributed by atoms with Gasteiger partial charge in [0.1, 0.15) is 0 Å². The van der Waals surface area contributed by atoms with Gasteiger partial charge in [-0.2, -0.15) is 0 Å². The molecule has 4 rings (SSSR count). The fourth-order valence-electron chi connectivity index (χ4n) is 6.38. The molecule has 27 heavy (non-hydrogen) atoms. The van der Waals surface area contributed by atoms with Crippen molar-refractivity contribution in [2.24, 2.45) is 35.5 Å². The molecule has 0 spiro atoms. The zero-order valence-corrected chi connectivity index (χ0v) is 18.7. The smallest absolute Gasteiger partial charge is 0.0257 e. The lowest BCUT2D eigenvalue weighted by atomic mass is 9.72. The van der Waals surface area contributed by atoms with Crippen LogP contribution >= 0.6 is 0 Å². The minimum absolute atomic E-state index is 0.818. The number of allylic oxidation sites excluding steroid dienone is 4. The lowest BCUT2D eigenvalue weighted by Gasteiger charge is -2.34. The van der Waals surface area contributed by atoms with Gasteiger partial charge in [-0.1, -0.05) is 109 Å². The van der Waals surface area contributed by atoms with Gasteiger partial charge in [0.2, 0.25) is 0 Å². The van der Waals surface area contributed by atoms with Gasteiger partial charge in [0.05, 0.1) is 0 Å². The van der Waals surface area contributed by atoms with Crippen molar-refractivity contribution in [2.75, 3.05) is 0 Å². The van der Waals surface area contributed by atoms with E-state index in [0.717, 1.165) is 35.5 Å². The monoisotopic (exact) mass is 369 g/mol. The summed E-state index contributed by atoms with van der Waals surface area (Å²) in [4.78, 5) is 0. The van der Waals surface area contributed by atoms with Crippen molar-refractivity contribution in [3.63, 3.8) is 0 Å². The maximum absolute atomic E-state index is 2.43. The minimum atomic E-state index is 0.818. The quantitative estimate of drug-likeness (QED) is 0.421. The highest BCUT2D eigenvalue weighted by molar-refractivity contribution is 5.47. The van der Waals surface area contributed by atoms with Gasteiger partial charge < -0.3 is 0 Å². The van der Waals surface area contributed by atoms with Crippen LogP contribution in [0.4, 0.5) is 0 Å². The Morgan fingerprint density at radius 2 is 1.63 bits per heavy atom. The van der Waals surface area contributed by atoms with Gasteiger partial charge in [-0.25, -0.2) is 0 Å². The molecule has 4 aliphatic carbocycles. The molecule has 0 aromatic heterocycles. The lowest BCUT2D eigenvalue weighted by molar-refractivity contribution is 0.175. The molecule has 0 bridgehead atoms. The Labute approximate surface area is 170 Å². The van der Waals surface area contributed by atoms with Gasteiger partial charge in [-0.3, -0.25) is 0 Å². The minimum Gasteiger partial charge on any atom is -0.0728 e. The fraction of sp³-hybridized carbons (Fsp3) is 0.815. The van der Waals surface area contributed by atoms with Gasteiger partial charge in [-0.05, 0) is 54.8 Å². The third-order valence-corrected chi connectivity index (χ3v) is 8.57. The molecule has 0 heterocycles. The Balaban J connectivity index is 0.000000180. The standard InChI is InChI=1S/C17H25.C10H20/c1-12-9-10-14(12)5-3-6-15-11-16-7-4-8-17(16)13(15)2;1-3-6-10-8-5-7-9(10)4-2/h4,7-8,12-15H,3,5-6,9-11H2,1-2H3;9-10H,3-8H2,1-2H3. The van der Waals surface area contributed by atoms with Crippen LogP contribution < -0.4 is 0 Å². The van der Waals surface area contributed by atoms with E-state index in [1.165, 1.54) is 77.0 Å². The van der Waals surface area contributed by atoms with E-state index in [4.69, 9.17) is 0 Å². The van der Waals surface area contributed by atoms with Crippen molar-refractivity contribution in [1.82, 2.24) is 0 Å². The highest BCUT2D eigenvalue weighted by atomic mass is 14.4. The van der Waals surface area contributed by atoms with Gasteiger partial charge in [0.25, 0.3) is 0 Å². The average molecular weight is 370 g/mol. The SMILES string of the molecule is CC1CCC1CCCC1CC2=CC=C[C]2C1C.CCCC1CCCC1CC. The summed E-state index contributed by atoms with van der Waals surface area (Å²) >= 11 is 0. The first kappa shape index (κ1) is 21.2. The average Bonchev–Trinajstić information content (AvgIpc) is 3.37. The van der Waals surface area contributed by atoms with Crippen LogP contribution in [-0.2, 0) is 0 Å². The molecule has 0 nitrogen and oxygen atoms in total. The van der Waals surface area contributed by atoms with Crippen LogP contribution in [0.15, 0.2) is 23.8 Å². The van der Waals surface area contributed by atoms with Crippen molar-refractivity contribution in [2.45, 2.75) is 105 Å². The summed E-state index contributed by atoms with van der Waals surface area (Å²) in [5.74, 6) is 7.67. The van der Waals surface area contributed by atoms with Crippen LogP contribution in [0.5, 0.6) is 0 Å². The van der Waals surface area contributed by atoms with Crippen LogP contribution in [0, 0.1) is 41.4 Å². The van der Waals surface area contributed by atoms with Crippen molar-refractivity contribution in [1.29, 1.82) is 0 Å². The molecule has 0 aromatic carbocycles. The number of rotatable bonds is 7. The Kier molecular flexibility index (Phi) is 8.10. The van der Waals surface area contributed by atoms with E-state index < -0.39 is 0 Å². The maximum Gasteiger partial charge on any atom is 0.0257 e. The van der Waals surface area contributed by atoms with Gasteiger partial charge in [0.15, 0.2) is 0 Å². The molecule has 3 saturated carbocycles. The van der Waals surface area contributed by atoms with Gasteiger partial charge in [-0.15, -0.1) is 0 Å². The lowest BCUT2D eigenvalue weighted by Crippen LogP contribution is -2.23. The predicted molar refractivity (Wildman–Crippen MR) is 120 cm³/mol. The summed E-state index contributed by atoms with van der Waals surface area (Å²) in [6.45, 7) is 9.52. The van der Waals surface area contributed by atoms with Crippen LogP contribution in [0.2, 0.25) is 0 Å². The van der Waals surface area contributed by atoms with E-state index in [1.54, 1.807) is 11.5 Å². The normalized spacial score (nSPS) is 37.6. The molecule has 0 heteroatoms. The summed E-state index contributed by atoms with van der Waals surface area (Å²) in [5, 5.41) is 0. The first-order valence-electron chi connectivity index (χ1n) is 12.4. The Morgan fingerprint density at radius 1 is 0.852 bits per heavy atom. The molecule has 153 valence electrons. The van der Waals surface area contributed by atoms with Crippen molar-refractivity contribution in [3.8, 4) is 0 Å². The zero-order chi connectivity index (χ0) is 19.2. The second-order valence-corrected chi connectivity index (χ2v) is 10.2. The molecular weight excluding hydrogens is 324 g/mol. The number of hydrogen-bond donors (Lipinski definition) is 0. The molecule has 0 N–H and O–H groups in total. The summed E-state index contributed by atoms with van der Waals surface area (Å²) in [6.07, 6.45) is 24.5.